The van der Waals surface area contributed by atoms with Crippen LogP contribution in [0.4, 0.5) is 13.2 Å². The van der Waals surface area contributed by atoms with Gasteiger partial charge in [0.2, 0.25) is 0 Å². The second kappa shape index (κ2) is 6.80. The van der Waals surface area contributed by atoms with Gasteiger partial charge >= 0.3 is 27.5 Å². The zero-order chi connectivity index (χ0) is 20.7. The number of carbonyl (C=O) groups excluding carboxylic acids is 2. The molecule has 28 heavy (non-hydrogen) atoms. The molecule has 1 aromatic rings. The van der Waals surface area contributed by atoms with Gasteiger partial charge in [0.05, 0.1) is 19.1 Å². The van der Waals surface area contributed by atoms with Crippen LogP contribution in [0.2, 0.25) is 0 Å². The lowest BCUT2D eigenvalue weighted by atomic mass is 10.1. The van der Waals surface area contributed by atoms with Gasteiger partial charge in [-0.15, -0.1) is 0 Å². The fourth-order valence-corrected chi connectivity index (χ4v) is 4.40. The summed E-state index contributed by atoms with van der Waals surface area (Å²) in [6.45, 7) is -0.869. The molecule has 1 aliphatic carbocycles. The highest BCUT2D eigenvalue weighted by Gasteiger charge is 2.72. The Morgan fingerprint density at radius 1 is 1.29 bits per heavy atom. The van der Waals surface area contributed by atoms with Gasteiger partial charge in [0.1, 0.15) is 6.61 Å². The van der Waals surface area contributed by atoms with E-state index in [0.29, 0.717) is 11.6 Å². The molecule has 1 saturated heterocycles. The van der Waals surface area contributed by atoms with Crippen LogP contribution in [-0.2, 0) is 35.7 Å². The Morgan fingerprint density at radius 3 is 2.50 bits per heavy atom. The lowest BCUT2D eigenvalue weighted by molar-refractivity contribution is -0.147. The zero-order valence-electron chi connectivity index (χ0n) is 14.6. The summed E-state index contributed by atoms with van der Waals surface area (Å²) in [5.74, 6) is -2.68. The number of sulfonamides is 1. The van der Waals surface area contributed by atoms with Crippen molar-refractivity contribution in [1.82, 2.24) is 4.31 Å². The zero-order valence-corrected chi connectivity index (χ0v) is 15.4. The average Bonchev–Trinajstić information content (AvgIpc) is 3.29. The second-order valence-electron chi connectivity index (χ2n) is 6.52. The van der Waals surface area contributed by atoms with Gasteiger partial charge in [0, 0.05) is 17.7 Å². The number of alkyl halides is 3. The molecule has 1 heterocycles. The summed E-state index contributed by atoms with van der Waals surface area (Å²) >= 11 is 0. The van der Waals surface area contributed by atoms with Crippen LogP contribution in [-0.4, -0.2) is 43.8 Å². The third-order valence-electron chi connectivity index (χ3n) is 4.81. The first-order valence-electron chi connectivity index (χ1n) is 8.12. The maximum Gasteiger partial charge on any atom is 0.516 e. The molecule has 0 bridgehead atoms. The molecule has 2 fully saturated rings. The van der Waals surface area contributed by atoms with Gasteiger partial charge < -0.3 is 9.47 Å². The van der Waals surface area contributed by atoms with Crippen LogP contribution in [0, 0.1) is 11.3 Å². The van der Waals surface area contributed by atoms with E-state index in [9.17, 15) is 31.2 Å². The predicted molar refractivity (Wildman–Crippen MR) is 88.6 cm³/mol. The summed E-state index contributed by atoms with van der Waals surface area (Å²) in [4.78, 5) is 24.1. The molecule has 7 nitrogen and oxygen atoms in total. The molecule has 0 spiro atoms. The number of halogens is 3. The Bertz CT molecular complexity index is 928. The molecule has 0 N–H and O–H groups in total. The number of ether oxygens (including phenoxy) is 2. The Morgan fingerprint density at radius 2 is 1.93 bits per heavy atom. The van der Waals surface area contributed by atoms with E-state index in [1.807, 2.05) is 0 Å². The minimum Gasteiger partial charge on any atom is -0.469 e. The number of nitrogens with zero attached hydrogens (tertiary/aromatic N) is 1. The van der Waals surface area contributed by atoms with Gasteiger partial charge in [0.15, 0.2) is 0 Å². The van der Waals surface area contributed by atoms with Crippen molar-refractivity contribution >= 4 is 22.0 Å². The van der Waals surface area contributed by atoms with E-state index in [2.05, 4.69) is 4.74 Å². The quantitative estimate of drug-likeness (QED) is 0.536. The van der Waals surface area contributed by atoms with Gasteiger partial charge in [-0.3, -0.25) is 9.10 Å². The minimum absolute atomic E-state index is 0.0574. The van der Waals surface area contributed by atoms with Crippen molar-refractivity contribution in [2.24, 2.45) is 11.3 Å². The lowest BCUT2D eigenvalue weighted by Gasteiger charge is -2.24. The molecule has 1 saturated carbocycles. The highest BCUT2D eigenvalue weighted by Crippen LogP contribution is 2.64. The third-order valence-corrected chi connectivity index (χ3v) is 6.32. The topological polar surface area (TPSA) is 90.0 Å². The molecule has 0 radical (unpaired) electrons. The number of esters is 2. The van der Waals surface area contributed by atoms with Crippen LogP contribution in [0.3, 0.4) is 0 Å². The van der Waals surface area contributed by atoms with Crippen LogP contribution < -0.4 is 0 Å². The normalized spacial score (nSPS) is 25.4. The number of hydrogen-bond acceptors (Lipinski definition) is 6. The Kier molecular flexibility index (Phi) is 4.90. The highest BCUT2D eigenvalue weighted by molar-refractivity contribution is 7.90. The van der Waals surface area contributed by atoms with Gasteiger partial charge in [-0.1, -0.05) is 30.3 Å². The molecular weight excluding hydrogens is 403 g/mol. The minimum atomic E-state index is -5.77. The van der Waals surface area contributed by atoms with Gasteiger partial charge in [-0.2, -0.15) is 21.6 Å². The summed E-state index contributed by atoms with van der Waals surface area (Å²) in [6.07, 6.45) is 0.802. The third kappa shape index (κ3) is 3.34. The average molecular weight is 419 g/mol. The SMILES string of the molecule is COC(=O)[C@]12C[C@H]1/C(=C\C(=O)OCc1ccccc1)N(S(=O)(=O)C(F)(F)F)C2. The molecule has 1 aromatic carbocycles. The molecule has 11 heteroatoms. The first kappa shape index (κ1) is 20.2. The number of rotatable bonds is 5. The van der Waals surface area contributed by atoms with Crippen LogP contribution in [0.25, 0.3) is 0 Å². The maximum atomic E-state index is 13.0. The Hall–Kier alpha value is -2.56. The second-order valence-corrected chi connectivity index (χ2v) is 8.38. The Balaban J connectivity index is 1.86. The predicted octanol–water partition coefficient (Wildman–Crippen LogP) is 1.96. The molecule has 152 valence electrons. The van der Waals surface area contributed by atoms with Crippen molar-refractivity contribution in [3.05, 3.63) is 47.7 Å². The monoisotopic (exact) mass is 419 g/mol. The smallest absolute Gasteiger partial charge is 0.469 e. The largest absolute Gasteiger partial charge is 0.516 e. The van der Waals surface area contributed by atoms with E-state index in [1.54, 1.807) is 30.3 Å². The van der Waals surface area contributed by atoms with Crippen LogP contribution in [0.1, 0.15) is 12.0 Å². The summed E-state index contributed by atoms with van der Waals surface area (Å²) in [6, 6.07) is 8.54. The van der Waals surface area contributed by atoms with Gasteiger partial charge in [-0.25, -0.2) is 4.79 Å². The van der Waals surface area contributed by atoms with Crippen LogP contribution in [0.15, 0.2) is 42.1 Å². The standard InChI is InChI=1S/C17H16F3NO6S/c1-26-15(23)16-8-12(16)13(21(10-16)28(24,25)17(18,19)20)7-14(22)27-9-11-5-3-2-4-6-11/h2-7,12H,8-10H2,1H3/b13-7+/t12-,16-/m0/s1. The van der Waals surface area contributed by atoms with Crippen LogP contribution >= 0.6 is 0 Å². The van der Waals surface area contributed by atoms with Crippen LogP contribution in [0.5, 0.6) is 0 Å². The van der Waals surface area contributed by atoms with Crippen molar-refractivity contribution in [3.8, 4) is 0 Å². The maximum absolute atomic E-state index is 13.0. The fourth-order valence-electron chi connectivity index (χ4n) is 3.29. The molecule has 1 aliphatic heterocycles. The molecule has 3 rings (SSSR count). The number of allylic oxidation sites excluding steroid dienone is 1. The first-order chi connectivity index (χ1) is 13.0. The summed E-state index contributed by atoms with van der Waals surface area (Å²) in [5, 5.41) is 0. The number of benzene rings is 1. The van der Waals surface area contributed by atoms with Crippen molar-refractivity contribution in [3.63, 3.8) is 0 Å². The highest BCUT2D eigenvalue weighted by atomic mass is 32.2. The molecule has 0 amide bonds. The van der Waals surface area contributed by atoms with E-state index < -0.39 is 51.0 Å². The molecule has 2 atom stereocenters. The number of methoxy groups -OCH3 is 1. The van der Waals surface area contributed by atoms with Crippen molar-refractivity contribution in [2.75, 3.05) is 13.7 Å². The fraction of sp³-hybridized carbons (Fsp3) is 0.412. The molecule has 2 aliphatic rings. The number of carbonyl (C=O) groups is 2. The summed E-state index contributed by atoms with van der Waals surface area (Å²) in [5.41, 5.74) is -6.75. The molecular formula is C17H16F3NO6S. The summed E-state index contributed by atoms with van der Waals surface area (Å²) < 4.78 is 72.5. The Labute approximate surface area is 158 Å². The van der Waals surface area contributed by atoms with E-state index >= 15 is 0 Å². The van der Waals surface area contributed by atoms with E-state index in [-0.39, 0.29) is 17.3 Å². The van der Waals surface area contributed by atoms with Crippen molar-refractivity contribution in [1.29, 1.82) is 0 Å². The van der Waals surface area contributed by atoms with Gasteiger partial charge in [-0.05, 0) is 12.0 Å². The van der Waals surface area contributed by atoms with E-state index in [4.69, 9.17) is 4.74 Å². The van der Waals surface area contributed by atoms with E-state index in [0.717, 1.165) is 7.11 Å². The number of piperidine rings is 1. The first-order valence-corrected chi connectivity index (χ1v) is 9.56. The lowest BCUT2D eigenvalue weighted by Crippen LogP contribution is -2.41. The van der Waals surface area contributed by atoms with Gasteiger partial charge in [0.25, 0.3) is 0 Å². The molecule has 0 unspecified atom stereocenters. The van der Waals surface area contributed by atoms with Crippen molar-refractivity contribution < 1.29 is 40.7 Å². The van der Waals surface area contributed by atoms with E-state index in [1.165, 1.54) is 0 Å². The molecule has 0 aromatic heterocycles. The number of hydrogen-bond donors (Lipinski definition) is 0. The van der Waals surface area contributed by atoms with Crippen molar-refractivity contribution in [2.45, 2.75) is 18.5 Å². The summed E-state index contributed by atoms with van der Waals surface area (Å²) in [7, 11) is -4.71. The number of fused-ring (bicyclic) bond motifs is 1.